The second-order valence-corrected chi connectivity index (χ2v) is 4.41. The van der Waals surface area contributed by atoms with E-state index >= 15 is 0 Å². The zero-order valence-corrected chi connectivity index (χ0v) is 8.38. The van der Waals surface area contributed by atoms with Crippen LogP contribution in [0, 0.1) is 0 Å². The molecule has 70 valence electrons. The van der Waals surface area contributed by atoms with Crippen molar-refractivity contribution in [3.05, 3.63) is 35.9 Å². The first-order chi connectivity index (χ1) is 6.21. The van der Waals surface area contributed by atoms with Crippen molar-refractivity contribution >= 4 is 0 Å². The van der Waals surface area contributed by atoms with Crippen molar-refractivity contribution in [1.82, 2.24) is 5.32 Å². The molecule has 1 saturated heterocycles. The summed E-state index contributed by atoms with van der Waals surface area (Å²) in [5.41, 5.74) is 1.81. The molecule has 1 fully saturated rings. The number of rotatable bonds is 1. The smallest absolute Gasteiger partial charge is 0.00642 e. The van der Waals surface area contributed by atoms with Crippen molar-refractivity contribution in [2.75, 3.05) is 6.54 Å². The van der Waals surface area contributed by atoms with Crippen LogP contribution in [0.2, 0.25) is 0 Å². The van der Waals surface area contributed by atoms with E-state index in [2.05, 4.69) is 49.5 Å². The van der Waals surface area contributed by atoms with Gasteiger partial charge in [0.15, 0.2) is 0 Å². The molecule has 1 aliphatic rings. The Kier molecular flexibility index (Phi) is 2.12. The maximum Gasteiger partial charge on any atom is 0.00642 e. The van der Waals surface area contributed by atoms with E-state index in [1.165, 1.54) is 12.0 Å². The minimum absolute atomic E-state index is 0.348. The van der Waals surface area contributed by atoms with Gasteiger partial charge < -0.3 is 5.32 Å². The lowest BCUT2D eigenvalue weighted by atomic mass is 9.81. The van der Waals surface area contributed by atoms with Gasteiger partial charge in [-0.2, -0.15) is 0 Å². The predicted molar refractivity (Wildman–Crippen MR) is 55.9 cm³/mol. The first kappa shape index (κ1) is 8.76. The molecule has 1 aromatic rings. The summed E-state index contributed by atoms with van der Waals surface area (Å²) in [5, 5.41) is 3.51. The Hall–Kier alpha value is -0.820. The summed E-state index contributed by atoms with van der Waals surface area (Å²) in [6, 6.07) is 11.5. The Balaban J connectivity index is 2.26. The van der Waals surface area contributed by atoms with E-state index in [-0.39, 0.29) is 0 Å². The third-order valence-electron chi connectivity index (χ3n) is 3.07. The molecule has 0 saturated carbocycles. The van der Waals surface area contributed by atoms with Gasteiger partial charge in [0.05, 0.1) is 0 Å². The molecule has 0 spiro atoms. The molecule has 0 bridgehead atoms. The van der Waals surface area contributed by atoms with Crippen LogP contribution in [0.5, 0.6) is 0 Å². The molecule has 2 atom stereocenters. The topological polar surface area (TPSA) is 12.0 Å². The summed E-state index contributed by atoms with van der Waals surface area (Å²) in [6.07, 6.45) is 1.25. The van der Waals surface area contributed by atoms with Crippen molar-refractivity contribution in [2.45, 2.75) is 31.7 Å². The van der Waals surface area contributed by atoms with Gasteiger partial charge in [0.25, 0.3) is 0 Å². The first-order valence-electron chi connectivity index (χ1n) is 5.00. The van der Waals surface area contributed by atoms with Crippen molar-refractivity contribution in [3.63, 3.8) is 0 Å². The largest absolute Gasteiger partial charge is 0.313 e. The molecule has 0 radical (unpaired) electrons. The van der Waals surface area contributed by atoms with Crippen LogP contribution in [0.15, 0.2) is 30.3 Å². The van der Waals surface area contributed by atoms with Crippen LogP contribution in [-0.2, 0) is 5.41 Å². The van der Waals surface area contributed by atoms with Gasteiger partial charge in [0.2, 0.25) is 0 Å². The van der Waals surface area contributed by atoms with Crippen molar-refractivity contribution < 1.29 is 0 Å². The standard InChI is InChI=1S/C12H17N/c1-10-8-12(2,9-13-10)11-6-4-3-5-7-11/h3-7,10,13H,8-9H2,1-2H3/t10-,12-/m1/s1. The van der Waals surface area contributed by atoms with E-state index < -0.39 is 0 Å². The van der Waals surface area contributed by atoms with Crippen molar-refractivity contribution in [2.24, 2.45) is 0 Å². The molecule has 0 amide bonds. The summed E-state index contributed by atoms with van der Waals surface area (Å²) in [6.45, 7) is 5.71. The predicted octanol–water partition coefficient (Wildman–Crippen LogP) is 2.33. The van der Waals surface area contributed by atoms with Crippen molar-refractivity contribution in [3.8, 4) is 0 Å². The molecule has 13 heavy (non-hydrogen) atoms. The Morgan fingerprint density at radius 3 is 2.54 bits per heavy atom. The summed E-state index contributed by atoms with van der Waals surface area (Å²) in [7, 11) is 0. The Bertz CT molecular complexity index is 280. The lowest BCUT2D eigenvalue weighted by Crippen LogP contribution is -2.24. The second-order valence-electron chi connectivity index (χ2n) is 4.41. The molecule has 1 aromatic carbocycles. The van der Waals surface area contributed by atoms with Crippen LogP contribution in [0.3, 0.4) is 0 Å². The van der Waals surface area contributed by atoms with E-state index in [1.807, 2.05) is 0 Å². The maximum atomic E-state index is 3.51. The summed E-state index contributed by atoms with van der Waals surface area (Å²) < 4.78 is 0. The zero-order chi connectivity index (χ0) is 9.31. The fourth-order valence-corrected chi connectivity index (χ4v) is 2.28. The minimum Gasteiger partial charge on any atom is -0.313 e. The number of hydrogen-bond acceptors (Lipinski definition) is 1. The van der Waals surface area contributed by atoms with Crippen LogP contribution >= 0.6 is 0 Å². The monoisotopic (exact) mass is 175 g/mol. The van der Waals surface area contributed by atoms with E-state index in [0.717, 1.165) is 6.54 Å². The molecule has 2 rings (SSSR count). The molecular formula is C12H17N. The normalized spacial score (nSPS) is 33.5. The second kappa shape index (κ2) is 3.15. The zero-order valence-electron chi connectivity index (χ0n) is 8.38. The average molecular weight is 175 g/mol. The highest BCUT2D eigenvalue weighted by molar-refractivity contribution is 5.26. The van der Waals surface area contributed by atoms with Gasteiger partial charge in [0.1, 0.15) is 0 Å². The molecule has 1 heterocycles. The maximum absolute atomic E-state index is 3.51. The van der Waals surface area contributed by atoms with Crippen LogP contribution in [0.25, 0.3) is 0 Å². The number of benzene rings is 1. The fraction of sp³-hybridized carbons (Fsp3) is 0.500. The summed E-state index contributed by atoms with van der Waals surface area (Å²) >= 11 is 0. The molecular weight excluding hydrogens is 158 g/mol. The van der Waals surface area contributed by atoms with Gasteiger partial charge in [-0.3, -0.25) is 0 Å². The van der Waals surface area contributed by atoms with Crippen LogP contribution in [0.1, 0.15) is 25.8 Å². The SMILES string of the molecule is C[C@@H]1C[C@@](C)(c2ccccc2)CN1. The van der Waals surface area contributed by atoms with Gasteiger partial charge in [-0.25, -0.2) is 0 Å². The van der Waals surface area contributed by atoms with Gasteiger partial charge in [-0.05, 0) is 18.9 Å². The average Bonchev–Trinajstić information content (AvgIpc) is 2.49. The minimum atomic E-state index is 0.348. The highest BCUT2D eigenvalue weighted by Crippen LogP contribution is 2.32. The molecule has 1 nitrogen and oxygen atoms in total. The number of hydrogen-bond donors (Lipinski definition) is 1. The third kappa shape index (κ3) is 1.61. The van der Waals surface area contributed by atoms with E-state index in [4.69, 9.17) is 0 Å². The highest BCUT2D eigenvalue weighted by atomic mass is 15.0. The van der Waals surface area contributed by atoms with Crippen LogP contribution in [0.4, 0.5) is 0 Å². The van der Waals surface area contributed by atoms with Gasteiger partial charge >= 0.3 is 0 Å². The Morgan fingerprint density at radius 1 is 1.31 bits per heavy atom. The Labute approximate surface area is 80.2 Å². The van der Waals surface area contributed by atoms with Crippen molar-refractivity contribution in [1.29, 1.82) is 0 Å². The number of nitrogens with one attached hydrogen (secondary N) is 1. The van der Waals surface area contributed by atoms with E-state index in [9.17, 15) is 0 Å². The lowest BCUT2D eigenvalue weighted by molar-refractivity contribution is 0.513. The molecule has 0 aromatic heterocycles. The lowest BCUT2D eigenvalue weighted by Gasteiger charge is -2.23. The molecule has 0 aliphatic carbocycles. The van der Waals surface area contributed by atoms with Gasteiger partial charge in [0, 0.05) is 18.0 Å². The molecule has 1 N–H and O–H groups in total. The van der Waals surface area contributed by atoms with E-state index in [0.29, 0.717) is 11.5 Å². The Morgan fingerprint density at radius 2 is 2.00 bits per heavy atom. The van der Waals surface area contributed by atoms with Gasteiger partial charge in [-0.1, -0.05) is 37.3 Å². The van der Waals surface area contributed by atoms with E-state index in [1.54, 1.807) is 0 Å². The highest BCUT2D eigenvalue weighted by Gasteiger charge is 2.33. The summed E-state index contributed by atoms with van der Waals surface area (Å²) in [4.78, 5) is 0. The van der Waals surface area contributed by atoms with Crippen LogP contribution < -0.4 is 5.32 Å². The molecule has 0 unspecified atom stereocenters. The first-order valence-corrected chi connectivity index (χ1v) is 5.00. The molecule has 1 heteroatoms. The van der Waals surface area contributed by atoms with Gasteiger partial charge in [-0.15, -0.1) is 0 Å². The fourth-order valence-electron chi connectivity index (χ4n) is 2.28. The molecule has 1 aliphatic heterocycles. The quantitative estimate of drug-likeness (QED) is 0.690. The summed E-state index contributed by atoms with van der Waals surface area (Å²) in [5.74, 6) is 0. The van der Waals surface area contributed by atoms with Crippen LogP contribution in [-0.4, -0.2) is 12.6 Å². The third-order valence-corrected chi connectivity index (χ3v) is 3.07.